The third-order valence-electron chi connectivity index (χ3n) is 3.98. The van der Waals surface area contributed by atoms with Crippen molar-refractivity contribution in [2.75, 3.05) is 13.7 Å². The van der Waals surface area contributed by atoms with E-state index in [0.29, 0.717) is 0 Å². The van der Waals surface area contributed by atoms with E-state index in [1.807, 2.05) is 31.2 Å². The van der Waals surface area contributed by atoms with Crippen LogP contribution >= 0.6 is 11.8 Å². The number of carbonyl (C=O) groups is 3. The van der Waals surface area contributed by atoms with Crippen LogP contribution in [0.4, 0.5) is 4.79 Å². The Morgan fingerprint density at radius 1 is 1.15 bits per heavy atom. The van der Waals surface area contributed by atoms with Crippen LogP contribution in [0.1, 0.15) is 32.8 Å². The van der Waals surface area contributed by atoms with Crippen molar-refractivity contribution in [3.63, 3.8) is 0 Å². The fourth-order valence-corrected chi connectivity index (χ4v) is 3.54. The van der Waals surface area contributed by atoms with Gasteiger partial charge >= 0.3 is 12.1 Å². The molecule has 2 atom stereocenters. The number of ether oxygens (including phenoxy) is 2. The molecule has 0 saturated carbocycles. The van der Waals surface area contributed by atoms with Crippen molar-refractivity contribution in [3.05, 3.63) is 29.8 Å². The van der Waals surface area contributed by atoms with Crippen LogP contribution in [0.3, 0.4) is 0 Å². The predicted octanol–water partition coefficient (Wildman–Crippen LogP) is 3.41. The fraction of sp³-hybridized carbons (Fsp3) is 0.526. The quantitative estimate of drug-likeness (QED) is 0.592. The van der Waals surface area contributed by atoms with E-state index in [1.54, 1.807) is 20.8 Å². The van der Waals surface area contributed by atoms with E-state index in [2.05, 4.69) is 0 Å². The average molecular weight is 379 g/mol. The number of benzene rings is 1. The molecule has 1 fully saturated rings. The topological polar surface area (TPSA) is 72.9 Å². The number of nitrogens with zero attached hydrogens (tertiary/aromatic N) is 1. The Morgan fingerprint density at radius 3 is 2.31 bits per heavy atom. The first-order valence-electron chi connectivity index (χ1n) is 8.46. The van der Waals surface area contributed by atoms with Gasteiger partial charge in [0.25, 0.3) is 0 Å². The smallest absolute Gasteiger partial charge is 0.411 e. The van der Waals surface area contributed by atoms with Crippen molar-refractivity contribution in [2.24, 2.45) is 5.92 Å². The largest absolute Gasteiger partial charge is 0.467 e. The number of hydrogen-bond donors (Lipinski definition) is 0. The van der Waals surface area contributed by atoms with E-state index in [4.69, 9.17) is 9.47 Å². The molecule has 0 aliphatic carbocycles. The van der Waals surface area contributed by atoms with Crippen LogP contribution in [0, 0.1) is 12.8 Å². The van der Waals surface area contributed by atoms with E-state index >= 15 is 0 Å². The highest BCUT2D eigenvalue weighted by atomic mass is 32.2. The van der Waals surface area contributed by atoms with Crippen molar-refractivity contribution in [1.82, 2.24) is 4.90 Å². The Hall–Kier alpha value is -2.02. The lowest BCUT2D eigenvalue weighted by molar-refractivity contribution is -0.145. The lowest BCUT2D eigenvalue weighted by Gasteiger charge is -2.27. The normalized spacial score (nSPS) is 20.0. The van der Waals surface area contributed by atoms with Gasteiger partial charge in [-0.3, -0.25) is 9.69 Å². The highest BCUT2D eigenvalue weighted by Crippen LogP contribution is 2.32. The summed E-state index contributed by atoms with van der Waals surface area (Å²) in [5, 5.41) is -0.0752. The zero-order chi connectivity index (χ0) is 19.5. The second-order valence-corrected chi connectivity index (χ2v) is 8.42. The molecule has 1 saturated heterocycles. The molecular weight excluding hydrogens is 354 g/mol. The summed E-state index contributed by atoms with van der Waals surface area (Å²) >= 11 is 1.13. The third-order valence-corrected chi connectivity index (χ3v) is 5.02. The van der Waals surface area contributed by atoms with Crippen molar-refractivity contribution >= 4 is 28.9 Å². The van der Waals surface area contributed by atoms with E-state index in [0.717, 1.165) is 22.2 Å². The molecule has 26 heavy (non-hydrogen) atoms. The molecule has 1 aliphatic rings. The summed E-state index contributed by atoms with van der Waals surface area (Å²) < 4.78 is 10.2. The van der Waals surface area contributed by atoms with Gasteiger partial charge in [-0.1, -0.05) is 29.5 Å². The zero-order valence-electron chi connectivity index (χ0n) is 15.8. The van der Waals surface area contributed by atoms with Gasteiger partial charge < -0.3 is 9.47 Å². The number of amides is 1. The molecule has 7 heteroatoms. The van der Waals surface area contributed by atoms with Gasteiger partial charge in [0.15, 0.2) is 5.12 Å². The Bertz CT molecular complexity index is 680. The van der Waals surface area contributed by atoms with Crippen molar-refractivity contribution in [2.45, 2.75) is 50.7 Å². The molecule has 1 aromatic carbocycles. The standard InChI is InChI=1S/C19H25NO5S/c1-12-6-8-14(9-7-12)26-17(22)13-10-15(16(21)24-5)20(11-13)18(23)25-19(2,3)4/h6-9,13,15H,10-11H2,1-5H3. The molecule has 1 amide bonds. The number of aryl methyl sites for hydroxylation is 1. The van der Waals surface area contributed by atoms with Crippen LogP contribution in [-0.4, -0.2) is 47.4 Å². The summed E-state index contributed by atoms with van der Waals surface area (Å²) in [6.07, 6.45) is -0.368. The maximum atomic E-state index is 12.6. The van der Waals surface area contributed by atoms with Gasteiger partial charge in [0.1, 0.15) is 11.6 Å². The summed E-state index contributed by atoms with van der Waals surface area (Å²) in [6.45, 7) is 7.39. The van der Waals surface area contributed by atoms with Crippen molar-refractivity contribution in [3.8, 4) is 0 Å². The Labute approximate surface area is 158 Å². The van der Waals surface area contributed by atoms with E-state index in [1.165, 1.54) is 12.0 Å². The number of esters is 1. The fourth-order valence-electron chi connectivity index (χ4n) is 2.69. The van der Waals surface area contributed by atoms with Gasteiger partial charge in [-0.25, -0.2) is 9.59 Å². The zero-order valence-corrected chi connectivity index (χ0v) is 16.6. The van der Waals surface area contributed by atoms with Crippen molar-refractivity contribution in [1.29, 1.82) is 0 Å². The molecule has 0 N–H and O–H groups in total. The summed E-state index contributed by atoms with van der Waals surface area (Å²) in [7, 11) is 1.27. The number of likely N-dealkylation sites (tertiary alicyclic amines) is 1. The molecule has 2 unspecified atom stereocenters. The van der Waals surface area contributed by atoms with Crippen LogP contribution in [-0.2, 0) is 19.1 Å². The minimum atomic E-state index is -0.803. The lowest BCUT2D eigenvalue weighted by Crippen LogP contribution is -2.43. The summed E-state index contributed by atoms with van der Waals surface area (Å²) in [4.78, 5) is 39.3. The van der Waals surface area contributed by atoms with E-state index in [9.17, 15) is 14.4 Å². The average Bonchev–Trinajstić information content (AvgIpc) is 3.00. The maximum absolute atomic E-state index is 12.6. The first-order chi connectivity index (χ1) is 12.1. The number of thioether (sulfide) groups is 1. The molecular formula is C19H25NO5S. The molecule has 142 valence electrons. The second-order valence-electron chi connectivity index (χ2n) is 7.34. The minimum absolute atomic E-state index is 0.0752. The summed E-state index contributed by atoms with van der Waals surface area (Å²) in [5.74, 6) is -0.982. The van der Waals surface area contributed by atoms with Crippen LogP contribution in [0.2, 0.25) is 0 Å². The Balaban J connectivity index is 2.10. The van der Waals surface area contributed by atoms with Crippen LogP contribution in [0.25, 0.3) is 0 Å². The maximum Gasteiger partial charge on any atom is 0.411 e. The number of methoxy groups -OCH3 is 1. The molecule has 2 rings (SSSR count). The van der Waals surface area contributed by atoms with Gasteiger partial charge in [0, 0.05) is 17.4 Å². The minimum Gasteiger partial charge on any atom is -0.467 e. The highest BCUT2D eigenvalue weighted by molar-refractivity contribution is 8.13. The molecule has 6 nitrogen and oxygen atoms in total. The highest BCUT2D eigenvalue weighted by Gasteiger charge is 2.44. The Kier molecular flexibility index (Phi) is 6.34. The Morgan fingerprint density at radius 2 is 1.77 bits per heavy atom. The van der Waals surface area contributed by atoms with Crippen molar-refractivity contribution < 1.29 is 23.9 Å². The van der Waals surface area contributed by atoms with Crippen LogP contribution in [0.15, 0.2) is 29.2 Å². The molecule has 0 spiro atoms. The molecule has 1 heterocycles. The molecule has 1 aromatic rings. The van der Waals surface area contributed by atoms with Gasteiger partial charge in [-0.2, -0.15) is 0 Å². The molecule has 0 aromatic heterocycles. The van der Waals surface area contributed by atoms with Gasteiger partial charge in [0.2, 0.25) is 0 Å². The van der Waals surface area contributed by atoms with Crippen LogP contribution in [0.5, 0.6) is 0 Å². The first-order valence-corrected chi connectivity index (χ1v) is 9.28. The van der Waals surface area contributed by atoms with Gasteiger partial charge in [-0.15, -0.1) is 0 Å². The molecule has 0 radical (unpaired) electrons. The third kappa shape index (κ3) is 5.24. The SMILES string of the molecule is COC(=O)C1CC(C(=O)Sc2ccc(C)cc2)CN1C(=O)OC(C)(C)C. The molecule has 0 bridgehead atoms. The number of carbonyl (C=O) groups excluding carboxylic acids is 3. The van der Waals surface area contributed by atoms with E-state index in [-0.39, 0.29) is 18.1 Å². The van der Waals surface area contributed by atoms with E-state index < -0.39 is 29.6 Å². The predicted molar refractivity (Wildman–Crippen MR) is 98.9 cm³/mol. The number of hydrogen-bond acceptors (Lipinski definition) is 6. The lowest BCUT2D eigenvalue weighted by atomic mass is 10.1. The molecule has 1 aliphatic heterocycles. The number of rotatable bonds is 3. The van der Waals surface area contributed by atoms with Crippen LogP contribution < -0.4 is 0 Å². The van der Waals surface area contributed by atoms with Gasteiger partial charge in [-0.05, 0) is 46.2 Å². The van der Waals surface area contributed by atoms with Gasteiger partial charge in [0.05, 0.1) is 7.11 Å². The summed E-state index contributed by atoms with van der Waals surface area (Å²) in [6, 6.07) is 6.85. The monoisotopic (exact) mass is 379 g/mol. The second kappa shape index (κ2) is 8.12. The summed E-state index contributed by atoms with van der Waals surface area (Å²) in [5.41, 5.74) is 0.431. The first kappa shape index (κ1) is 20.3.